The van der Waals surface area contributed by atoms with Crippen LogP contribution in [-0.2, 0) is 16.0 Å². The van der Waals surface area contributed by atoms with Crippen molar-refractivity contribution in [2.75, 3.05) is 44.6 Å². The van der Waals surface area contributed by atoms with Gasteiger partial charge < -0.3 is 20.4 Å². The average Bonchev–Trinajstić information content (AvgIpc) is 3.21. The molecule has 4 N–H and O–H groups in total. The van der Waals surface area contributed by atoms with Crippen LogP contribution in [0, 0.1) is 5.82 Å². The first-order valence-corrected chi connectivity index (χ1v) is 10.9. The summed E-state index contributed by atoms with van der Waals surface area (Å²) in [5.41, 5.74) is 0.478. The molecule has 1 atom stereocenters. The highest BCUT2D eigenvalue weighted by atomic mass is 32.1. The fourth-order valence-corrected chi connectivity index (χ4v) is 4.34. The minimum atomic E-state index is -0.366. The molecule has 1 aromatic carbocycles. The summed E-state index contributed by atoms with van der Waals surface area (Å²) in [5, 5.41) is 7.83. The predicted octanol–water partition coefficient (Wildman–Crippen LogP) is -0.643. The van der Waals surface area contributed by atoms with Gasteiger partial charge in [0.1, 0.15) is 32.0 Å². The zero-order valence-corrected chi connectivity index (χ0v) is 17.5. The number of carbonyl (C=O) groups is 2. The van der Waals surface area contributed by atoms with Crippen molar-refractivity contribution in [1.29, 1.82) is 0 Å². The molecule has 0 bridgehead atoms. The number of quaternary nitrogens is 2. The molecular weight excluding hydrogens is 391 g/mol. The number of halogens is 1. The smallest absolute Gasteiger partial charge is 0.279 e. The van der Waals surface area contributed by atoms with Gasteiger partial charge in [-0.2, -0.15) is 0 Å². The van der Waals surface area contributed by atoms with Crippen molar-refractivity contribution >= 4 is 28.8 Å². The van der Waals surface area contributed by atoms with E-state index in [1.54, 1.807) is 23.5 Å². The monoisotopic (exact) mass is 420 g/mol. The van der Waals surface area contributed by atoms with E-state index < -0.39 is 0 Å². The molecule has 2 amide bonds. The maximum absolute atomic E-state index is 13.2. The first kappa shape index (κ1) is 21.4. The van der Waals surface area contributed by atoms with Crippen molar-refractivity contribution in [2.45, 2.75) is 19.4 Å². The van der Waals surface area contributed by atoms with Gasteiger partial charge in [0.15, 0.2) is 12.6 Å². The molecule has 0 radical (unpaired) electrons. The van der Waals surface area contributed by atoms with Crippen LogP contribution in [0.3, 0.4) is 0 Å². The van der Waals surface area contributed by atoms with Gasteiger partial charge in [0.25, 0.3) is 11.8 Å². The summed E-state index contributed by atoms with van der Waals surface area (Å²) in [6.45, 7) is 6.35. The Morgan fingerprint density at radius 3 is 2.66 bits per heavy atom. The minimum Gasteiger partial charge on any atom is -0.351 e. The number of nitrogens with one attached hydrogen (secondary N) is 4. The molecule has 2 aromatic rings. The summed E-state index contributed by atoms with van der Waals surface area (Å²) < 4.78 is 13.2. The number of benzene rings is 1. The van der Waals surface area contributed by atoms with Crippen molar-refractivity contribution in [1.82, 2.24) is 5.32 Å². The van der Waals surface area contributed by atoms with Gasteiger partial charge in [0.2, 0.25) is 0 Å². The Kier molecular flexibility index (Phi) is 7.74. The van der Waals surface area contributed by atoms with E-state index in [4.69, 9.17) is 0 Å². The second kappa shape index (κ2) is 10.5. The van der Waals surface area contributed by atoms with Crippen LogP contribution in [0.5, 0.6) is 0 Å². The molecule has 2 heterocycles. The lowest BCUT2D eigenvalue weighted by Crippen LogP contribution is -3.30. The summed E-state index contributed by atoms with van der Waals surface area (Å²) in [7, 11) is 0. The fourth-order valence-electron chi connectivity index (χ4n) is 3.64. The third-order valence-corrected chi connectivity index (χ3v) is 6.31. The van der Waals surface area contributed by atoms with Crippen LogP contribution < -0.4 is 20.4 Å². The first-order chi connectivity index (χ1) is 14.0. The zero-order valence-electron chi connectivity index (χ0n) is 16.7. The van der Waals surface area contributed by atoms with E-state index in [9.17, 15) is 14.0 Å². The van der Waals surface area contributed by atoms with E-state index in [1.807, 2.05) is 18.4 Å². The molecule has 29 heavy (non-hydrogen) atoms. The maximum atomic E-state index is 13.2. The fraction of sp³-hybridized carbons (Fsp3) is 0.429. The van der Waals surface area contributed by atoms with Crippen molar-refractivity contribution in [3.8, 4) is 0 Å². The van der Waals surface area contributed by atoms with Crippen LogP contribution in [0.2, 0.25) is 0 Å². The number of rotatable bonds is 8. The average molecular weight is 421 g/mol. The summed E-state index contributed by atoms with van der Waals surface area (Å²) in [4.78, 5) is 28.4. The molecule has 8 heteroatoms. The van der Waals surface area contributed by atoms with Gasteiger partial charge in [0, 0.05) is 17.1 Å². The number of anilines is 1. The molecule has 1 aliphatic rings. The van der Waals surface area contributed by atoms with Gasteiger partial charge >= 0.3 is 0 Å². The Bertz CT molecular complexity index is 807. The van der Waals surface area contributed by atoms with Gasteiger partial charge in [0.05, 0.1) is 0 Å². The predicted molar refractivity (Wildman–Crippen MR) is 112 cm³/mol. The highest BCUT2D eigenvalue weighted by molar-refractivity contribution is 7.09. The molecule has 0 saturated carbocycles. The van der Waals surface area contributed by atoms with E-state index in [-0.39, 0.29) is 23.7 Å². The number of thiophene rings is 1. The van der Waals surface area contributed by atoms with Crippen molar-refractivity contribution in [3.63, 3.8) is 0 Å². The molecule has 1 fully saturated rings. The Hall–Kier alpha value is -2.29. The van der Waals surface area contributed by atoms with Crippen LogP contribution in [0.4, 0.5) is 10.1 Å². The van der Waals surface area contributed by atoms with Crippen LogP contribution in [0.25, 0.3) is 0 Å². The second-order valence-corrected chi connectivity index (χ2v) is 8.52. The van der Waals surface area contributed by atoms with E-state index in [2.05, 4.69) is 16.7 Å². The summed E-state index contributed by atoms with van der Waals surface area (Å²) in [6, 6.07) is 9.92. The Morgan fingerprint density at radius 1 is 1.17 bits per heavy atom. The van der Waals surface area contributed by atoms with E-state index in [0.717, 1.165) is 32.6 Å². The summed E-state index contributed by atoms with van der Waals surface area (Å²) in [6.07, 6.45) is 0.865. The largest absolute Gasteiger partial charge is 0.351 e. The quantitative estimate of drug-likeness (QED) is 0.459. The molecule has 1 saturated heterocycles. The minimum absolute atomic E-state index is 0.0869. The normalized spacial score (nSPS) is 20.1. The molecule has 156 valence electrons. The molecule has 1 aliphatic heterocycles. The van der Waals surface area contributed by atoms with Crippen LogP contribution in [0.1, 0.15) is 11.8 Å². The van der Waals surface area contributed by atoms with Gasteiger partial charge in [-0.3, -0.25) is 9.59 Å². The number of carbonyl (C=O) groups excluding carboxylic acids is 2. The molecule has 3 rings (SSSR count). The SMILES string of the molecule is C[C@@H](C(=O)NCCc1cccs1)[NH+]1CC[NH+](CC(=O)Nc2cccc(F)c2)CC1. The summed E-state index contributed by atoms with van der Waals surface area (Å²) in [5.74, 6) is -0.396. The molecule has 0 spiro atoms. The maximum Gasteiger partial charge on any atom is 0.279 e. The number of hydrogen-bond donors (Lipinski definition) is 4. The third kappa shape index (κ3) is 6.62. The van der Waals surface area contributed by atoms with Crippen molar-refractivity contribution in [2.24, 2.45) is 0 Å². The second-order valence-electron chi connectivity index (χ2n) is 7.49. The highest BCUT2D eigenvalue weighted by Crippen LogP contribution is 2.08. The lowest BCUT2D eigenvalue weighted by atomic mass is 10.2. The van der Waals surface area contributed by atoms with Crippen LogP contribution in [-0.4, -0.2) is 57.1 Å². The zero-order chi connectivity index (χ0) is 20.6. The topological polar surface area (TPSA) is 67.1 Å². The van der Waals surface area contributed by atoms with Crippen molar-refractivity contribution < 1.29 is 23.8 Å². The number of hydrogen-bond acceptors (Lipinski definition) is 3. The van der Waals surface area contributed by atoms with Gasteiger partial charge in [-0.1, -0.05) is 12.1 Å². The molecule has 0 unspecified atom stereocenters. The van der Waals surface area contributed by atoms with E-state index >= 15 is 0 Å². The Balaban J connectivity index is 1.36. The third-order valence-electron chi connectivity index (χ3n) is 5.37. The molecule has 0 aliphatic carbocycles. The highest BCUT2D eigenvalue weighted by Gasteiger charge is 2.31. The van der Waals surface area contributed by atoms with Gasteiger partial charge in [-0.25, -0.2) is 4.39 Å². The van der Waals surface area contributed by atoms with E-state index in [0.29, 0.717) is 18.8 Å². The lowest BCUT2D eigenvalue weighted by Gasteiger charge is -2.32. The molecule has 1 aromatic heterocycles. The first-order valence-electron chi connectivity index (χ1n) is 10.0. The standard InChI is InChI=1S/C21H27FN4O2S/c1-16(21(28)23-8-7-19-6-3-13-29-19)26-11-9-25(10-12-26)15-20(27)24-18-5-2-4-17(22)14-18/h2-6,13-14,16H,7-12,15H2,1H3,(H,23,28)(H,24,27)/p+2/t16-/m0/s1. The summed E-state index contributed by atoms with van der Waals surface area (Å²) >= 11 is 1.71. The van der Waals surface area contributed by atoms with E-state index in [1.165, 1.54) is 26.8 Å². The van der Waals surface area contributed by atoms with Gasteiger partial charge in [-0.05, 0) is 43.0 Å². The van der Waals surface area contributed by atoms with Crippen LogP contribution in [0.15, 0.2) is 41.8 Å². The molecule has 6 nitrogen and oxygen atoms in total. The van der Waals surface area contributed by atoms with Gasteiger partial charge in [-0.15, -0.1) is 11.3 Å². The number of amides is 2. The Labute approximate surface area is 174 Å². The lowest BCUT2D eigenvalue weighted by molar-refractivity contribution is -1.01. The number of piperazine rings is 1. The Morgan fingerprint density at radius 2 is 1.97 bits per heavy atom. The van der Waals surface area contributed by atoms with Crippen molar-refractivity contribution in [3.05, 3.63) is 52.5 Å². The molecular formula is C21H29FN4O2S+2. The van der Waals surface area contributed by atoms with Crippen LogP contribution >= 0.6 is 11.3 Å².